The molecule has 4 rings (SSSR count). The third-order valence-electron chi connectivity index (χ3n) is 4.44. The first kappa shape index (κ1) is 18.4. The van der Waals surface area contributed by atoms with Gasteiger partial charge in [0.2, 0.25) is 0 Å². The zero-order valence-electron chi connectivity index (χ0n) is 14.7. The van der Waals surface area contributed by atoms with Crippen LogP contribution in [0.25, 0.3) is 22.2 Å². The fourth-order valence-electron chi connectivity index (χ4n) is 3.11. The van der Waals surface area contributed by atoms with Crippen LogP contribution < -0.4 is 0 Å². The van der Waals surface area contributed by atoms with Crippen LogP contribution in [-0.4, -0.2) is 14.8 Å². The molecule has 27 heavy (non-hydrogen) atoms. The first-order valence-corrected chi connectivity index (χ1v) is 10.4. The Kier molecular flexibility index (Phi) is 5.39. The fourth-order valence-corrected chi connectivity index (χ4v) is 4.61. The average molecular weight is 414 g/mol. The van der Waals surface area contributed by atoms with Gasteiger partial charge in [-0.2, -0.15) is 0 Å². The van der Waals surface area contributed by atoms with E-state index in [0.29, 0.717) is 10.0 Å². The number of fused-ring (bicyclic) bond motifs is 1. The lowest BCUT2D eigenvalue weighted by atomic mass is 10.1. The van der Waals surface area contributed by atoms with Crippen molar-refractivity contribution in [1.82, 2.24) is 14.8 Å². The molecule has 1 heterocycles. The standard InChI is InChI=1S/C21H17Cl2N3S/c1-2-26-20(18-11-10-16(22)12-19(18)23)24-25-21(26)27-13-15-8-5-7-14-6-3-4-9-17(14)15/h3-12H,2,13H2,1H3. The largest absolute Gasteiger partial charge is 0.302 e. The fraction of sp³-hybridized carbons (Fsp3) is 0.143. The van der Waals surface area contributed by atoms with Crippen molar-refractivity contribution < 1.29 is 0 Å². The van der Waals surface area contributed by atoms with Crippen molar-refractivity contribution in [3.63, 3.8) is 0 Å². The van der Waals surface area contributed by atoms with Crippen molar-refractivity contribution in [1.29, 1.82) is 0 Å². The summed E-state index contributed by atoms with van der Waals surface area (Å²) in [5.41, 5.74) is 2.13. The van der Waals surface area contributed by atoms with Gasteiger partial charge in [-0.15, -0.1) is 10.2 Å². The van der Waals surface area contributed by atoms with E-state index in [1.807, 2.05) is 12.1 Å². The summed E-state index contributed by atoms with van der Waals surface area (Å²) in [6.07, 6.45) is 0. The lowest BCUT2D eigenvalue weighted by Gasteiger charge is -2.10. The maximum atomic E-state index is 6.37. The average Bonchev–Trinajstić information content (AvgIpc) is 3.09. The van der Waals surface area contributed by atoms with Crippen LogP contribution >= 0.6 is 35.0 Å². The quantitative estimate of drug-likeness (QED) is 0.340. The molecular weight excluding hydrogens is 397 g/mol. The molecule has 1 aromatic heterocycles. The summed E-state index contributed by atoms with van der Waals surface area (Å²) in [6.45, 7) is 2.85. The number of thioether (sulfide) groups is 1. The van der Waals surface area contributed by atoms with Gasteiger partial charge in [0.1, 0.15) is 0 Å². The molecule has 0 amide bonds. The lowest BCUT2D eigenvalue weighted by molar-refractivity contribution is 0.687. The van der Waals surface area contributed by atoms with E-state index in [4.69, 9.17) is 23.2 Å². The molecule has 0 radical (unpaired) electrons. The van der Waals surface area contributed by atoms with Gasteiger partial charge in [-0.25, -0.2) is 0 Å². The van der Waals surface area contributed by atoms with Crippen molar-refractivity contribution in [2.45, 2.75) is 24.4 Å². The summed E-state index contributed by atoms with van der Waals surface area (Å²) < 4.78 is 2.09. The molecule has 136 valence electrons. The van der Waals surface area contributed by atoms with E-state index in [2.05, 4.69) is 64.2 Å². The van der Waals surface area contributed by atoms with Crippen LogP contribution in [0.4, 0.5) is 0 Å². The molecular formula is C21H17Cl2N3S. The molecule has 0 aliphatic rings. The second-order valence-electron chi connectivity index (χ2n) is 6.10. The third-order valence-corrected chi connectivity index (χ3v) is 6.01. The Morgan fingerprint density at radius 2 is 1.78 bits per heavy atom. The molecule has 0 saturated heterocycles. The number of rotatable bonds is 5. The van der Waals surface area contributed by atoms with E-state index in [1.165, 1.54) is 16.3 Å². The van der Waals surface area contributed by atoms with Crippen molar-refractivity contribution in [3.8, 4) is 11.4 Å². The minimum atomic E-state index is 0.579. The van der Waals surface area contributed by atoms with E-state index in [0.717, 1.165) is 28.8 Å². The van der Waals surface area contributed by atoms with Gasteiger partial charge in [0.05, 0.1) is 5.02 Å². The SMILES string of the molecule is CCn1c(SCc2cccc3ccccc23)nnc1-c1ccc(Cl)cc1Cl. The van der Waals surface area contributed by atoms with Crippen LogP contribution in [0, 0.1) is 0 Å². The normalized spacial score (nSPS) is 11.2. The zero-order valence-corrected chi connectivity index (χ0v) is 17.0. The van der Waals surface area contributed by atoms with Crippen LogP contribution in [0.3, 0.4) is 0 Å². The molecule has 0 saturated carbocycles. The Hall–Kier alpha value is -2.01. The number of aromatic nitrogens is 3. The Morgan fingerprint density at radius 1 is 0.963 bits per heavy atom. The number of nitrogens with zero attached hydrogens (tertiary/aromatic N) is 3. The summed E-state index contributed by atoms with van der Waals surface area (Å²) in [6, 6.07) is 20.3. The van der Waals surface area contributed by atoms with Gasteiger partial charge < -0.3 is 4.57 Å². The van der Waals surface area contributed by atoms with Crippen molar-refractivity contribution >= 4 is 45.7 Å². The van der Waals surface area contributed by atoms with Gasteiger partial charge >= 0.3 is 0 Å². The number of benzene rings is 3. The van der Waals surface area contributed by atoms with Crippen molar-refractivity contribution in [2.24, 2.45) is 0 Å². The minimum Gasteiger partial charge on any atom is -0.302 e. The summed E-state index contributed by atoms with van der Waals surface area (Å²) in [5.74, 6) is 1.59. The molecule has 0 aliphatic carbocycles. The smallest absolute Gasteiger partial charge is 0.191 e. The first-order chi connectivity index (χ1) is 13.2. The molecule has 0 unspecified atom stereocenters. The predicted molar refractivity (Wildman–Crippen MR) is 115 cm³/mol. The van der Waals surface area contributed by atoms with E-state index < -0.39 is 0 Å². The van der Waals surface area contributed by atoms with Crippen LogP contribution in [0.2, 0.25) is 10.0 Å². The van der Waals surface area contributed by atoms with E-state index in [1.54, 1.807) is 17.8 Å². The summed E-state index contributed by atoms with van der Waals surface area (Å²) >= 11 is 14.1. The number of hydrogen-bond donors (Lipinski definition) is 0. The van der Waals surface area contributed by atoms with Gasteiger partial charge in [0.25, 0.3) is 0 Å². The Bertz CT molecular complexity index is 1100. The minimum absolute atomic E-state index is 0.579. The molecule has 0 atom stereocenters. The molecule has 0 fully saturated rings. The second-order valence-corrected chi connectivity index (χ2v) is 7.89. The Balaban J connectivity index is 1.64. The highest BCUT2D eigenvalue weighted by molar-refractivity contribution is 7.98. The van der Waals surface area contributed by atoms with E-state index >= 15 is 0 Å². The highest BCUT2D eigenvalue weighted by Gasteiger charge is 2.16. The molecule has 0 bridgehead atoms. The predicted octanol–water partition coefficient (Wildman–Crippen LogP) is 6.72. The van der Waals surface area contributed by atoms with Gasteiger partial charge in [0, 0.05) is 22.9 Å². The Labute approximate surface area is 172 Å². The summed E-state index contributed by atoms with van der Waals surface area (Å²) in [7, 11) is 0. The maximum absolute atomic E-state index is 6.37. The Morgan fingerprint density at radius 3 is 2.59 bits per heavy atom. The van der Waals surface area contributed by atoms with Crippen LogP contribution in [0.1, 0.15) is 12.5 Å². The van der Waals surface area contributed by atoms with Crippen LogP contribution in [0.5, 0.6) is 0 Å². The van der Waals surface area contributed by atoms with E-state index in [-0.39, 0.29) is 0 Å². The third kappa shape index (κ3) is 3.70. The number of halogens is 2. The van der Waals surface area contributed by atoms with Gasteiger partial charge in [0.15, 0.2) is 11.0 Å². The van der Waals surface area contributed by atoms with E-state index in [9.17, 15) is 0 Å². The summed E-state index contributed by atoms with van der Waals surface area (Å²) in [4.78, 5) is 0. The molecule has 3 aromatic carbocycles. The molecule has 0 N–H and O–H groups in total. The highest BCUT2D eigenvalue weighted by Crippen LogP contribution is 2.33. The monoisotopic (exact) mass is 413 g/mol. The van der Waals surface area contributed by atoms with Crippen LogP contribution in [-0.2, 0) is 12.3 Å². The van der Waals surface area contributed by atoms with Crippen LogP contribution in [0.15, 0.2) is 65.8 Å². The molecule has 0 aliphatic heterocycles. The molecule has 6 heteroatoms. The van der Waals surface area contributed by atoms with Crippen molar-refractivity contribution in [2.75, 3.05) is 0 Å². The second kappa shape index (κ2) is 7.93. The van der Waals surface area contributed by atoms with Crippen molar-refractivity contribution in [3.05, 3.63) is 76.3 Å². The number of hydrogen-bond acceptors (Lipinski definition) is 3. The molecule has 4 aromatic rings. The maximum Gasteiger partial charge on any atom is 0.191 e. The van der Waals surface area contributed by atoms with Gasteiger partial charge in [-0.05, 0) is 41.5 Å². The van der Waals surface area contributed by atoms with Gasteiger partial charge in [-0.3, -0.25) is 0 Å². The van der Waals surface area contributed by atoms with Gasteiger partial charge in [-0.1, -0.05) is 77.4 Å². The highest BCUT2D eigenvalue weighted by atomic mass is 35.5. The lowest BCUT2D eigenvalue weighted by Crippen LogP contribution is -2.00. The topological polar surface area (TPSA) is 30.7 Å². The zero-order chi connectivity index (χ0) is 18.8. The molecule has 3 nitrogen and oxygen atoms in total. The summed E-state index contributed by atoms with van der Waals surface area (Å²) in [5, 5.41) is 13.4. The first-order valence-electron chi connectivity index (χ1n) is 8.65. The molecule has 0 spiro atoms.